The fourth-order valence-corrected chi connectivity index (χ4v) is 4.03. The van der Waals surface area contributed by atoms with Crippen LogP contribution in [0.3, 0.4) is 0 Å². The molecular weight excluding hydrogens is 420 g/mol. The van der Waals surface area contributed by atoms with Gasteiger partial charge in [0.15, 0.2) is 11.6 Å². The first kappa shape index (κ1) is 23.8. The summed E-state index contributed by atoms with van der Waals surface area (Å²) in [7, 11) is 2.18. The summed E-state index contributed by atoms with van der Waals surface area (Å²) in [6.07, 6.45) is 6.12. The van der Waals surface area contributed by atoms with Gasteiger partial charge in [0.25, 0.3) is 0 Å². The number of nitrogen functional groups attached to an aromatic ring is 1. The summed E-state index contributed by atoms with van der Waals surface area (Å²) in [5.41, 5.74) is 11.2. The van der Waals surface area contributed by atoms with Crippen LogP contribution in [0.1, 0.15) is 56.2 Å². The molecule has 5 heteroatoms. The maximum atomic E-state index is 6.11. The van der Waals surface area contributed by atoms with Gasteiger partial charge in [-0.15, -0.1) is 0 Å². The minimum atomic E-state index is -0.0353. The molecule has 34 heavy (non-hydrogen) atoms. The number of hydrogen-bond acceptors (Lipinski definition) is 5. The average molecular weight is 455 g/mol. The molecule has 1 aromatic carbocycles. The van der Waals surface area contributed by atoms with E-state index in [0.717, 1.165) is 35.5 Å². The van der Waals surface area contributed by atoms with Crippen LogP contribution >= 0.6 is 0 Å². The number of hydrogen-bond donors (Lipinski definition) is 1. The van der Waals surface area contributed by atoms with E-state index in [2.05, 4.69) is 67.7 Å². The van der Waals surface area contributed by atoms with E-state index in [1.165, 1.54) is 18.4 Å². The molecule has 2 aromatic heterocycles. The highest BCUT2D eigenvalue weighted by Gasteiger charge is 2.18. The number of aromatic nitrogens is 2. The molecule has 3 heterocycles. The molecule has 5 nitrogen and oxygen atoms in total. The molecule has 0 unspecified atom stereocenters. The lowest BCUT2D eigenvalue weighted by Crippen LogP contribution is -2.29. The minimum absolute atomic E-state index is 0.0353. The van der Waals surface area contributed by atoms with Gasteiger partial charge in [-0.2, -0.15) is 0 Å². The summed E-state index contributed by atoms with van der Waals surface area (Å²) in [6, 6.07) is 14.3. The Morgan fingerprint density at radius 1 is 1.06 bits per heavy atom. The van der Waals surface area contributed by atoms with Crippen molar-refractivity contribution in [3.8, 4) is 28.8 Å². The Labute approximate surface area is 203 Å². The molecule has 3 aromatic rings. The third-order valence-electron chi connectivity index (χ3n) is 6.06. The highest BCUT2D eigenvalue weighted by Crippen LogP contribution is 2.30. The first-order chi connectivity index (χ1) is 16.3. The predicted molar refractivity (Wildman–Crippen MR) is 138 cm³/mol. The lowest BCUT2D eigenvalue weighted by atomic mass is 9.90. The van der Waals surface area contributed by atoms with Crippen LogP contribution < -0.4 is 10.5 Å². The van der Waals surface area contributed by atoms with Crippen LogP contribution in [0.4, 0.5) is 5.82 Å². The predicted octanol–water partition coefficient (Wildman–Crippen LogP) is 5.51. The number of ether oxygens (including phenoxy) is 1. The number of anilines is 1. The second kappa shape index (κ2) is 10.3. The topological polar surface area (TPSA) is 64.3 Å². The van der Waals surface area contributed by atoms with Gasteiger partial charge in [0.2, 0.25) is 0 Å². The van der Waals surface area contributed by atoms with Gasteiger partial charge in [0.1, 0.15) is 6.61 Å². The minimum Gasteiger partial charge on any atom is -0.485 e. The molecule has 1 aliphatic rings. The van der Waals surface area contributed by atoms with E-state index >= 15 is 0 Å². The van der Waals surface area contributed by atoms with Crippen molar-refractivity contribution in [2.75, 3.05) is 25.9 Å². The summed E-state index contributed by atoms with van der Waals surface area (Å²) < 4.78 is 6.05. The van der Waals surface area contributed by atoms with Gasteiger partial charge < -0.3 is 15.4 Å². The highest BCUT2D eigenvalue weighted by molar-refractivity contribution is 5.64. The molecule has 0 radical (unpaired) electrons. The van der Waals surface area contributed by atoms with Gasteiger partial charge in [-0.1, -0.05) is 30.0 Å². The van der Waals surface area contributed by atoms with Crippen LogP contribution in [0.5, 0.6) is 5.75 Å². The largest absolute Gasteiger partial charge is 0.485 e. The summed E-state index contributed by atoms with van der Waals surface area (Å²) in [5, 5.41) is 0. The second-order valence-electron chi connectivity index (χ2n) is 10.2. The van der Waals surface area contributed by atoms with E-state index in [0.29, 0.717) is 24.1 Å². The number of piperidine rings is 1. The van der Waals surface area contributed by atoms with Crippen molar-refractivity contribution in [2.45, 2.75) is 46.1 Å². The van der Waals surface area contributed by atoms with Gasteiger partial charge in [-0.25, -0.2) is 4.98 Å². The van der Waals surface area contributed by atoms with E-state index < -0.39 is 0 Å². The summed E-state index contributed by atoms with van der Waals surface area (Å²) in [6.45, 7) is 8.98. The van der Waals surface area contributed by atoms with E-state index in [1.54, 1.807) is 6.20 Å². The molecule has 0 amide bonds. The first-order valence-electron chi connectivity index (χ1n) is 11.9. The first-order valence-corrected chi connectivity index (χ1v) is 11.9. The van der Waals surface area contributed by atoms with Gasteiger partial charge in [-0.3, -0.25) is 4.98 Å². The van der Waals surface area contributed by atoms with Crippen LogP contribution in [0.15, 0.2) is 54.9 Å². The molecule has 0 spiro atoms. The molecule has 1 aliphatic heterocycles. The van der Waals surface area contributed by atoms with Crippen LogP contribution in [0.25, 0.3) is 11.3 Å². The van der Waals surface area contributed by atoms with Crippen molar-refractivity contribution in [3.05, 3.63) is 71.5 Å². The Hall–Kier alpha value is -3.36. The van der Waals surface area contributed by atoms with E-state index in [9.17, 15) is 0 Å². The van der Waals surface area contributed by atoms with Crippen LogP contribution in [0.2, 0.25) is 0 Å². The molecule has 4 rings (SSSR count). The molecule has 0 bridgehead atoms. The molecule has 0 atom stereocenters. The van der Waals surface area contributed by atoms with Crippen molar-refractivity contribution in [3.63, 3.8) is 0 Å². The standard InChI is InChI=1S/C29H34N4O/c1-29(2,3)13-10-21-6-5-7-22(16-21)20-34-27-17-25(19-32-28(27)30)26-9-8-24(18-31-26)23-11-14-33(4)15-12-23/h5-9,16-19,23H,11-12,14-15,20H2,1-4H3,(H2,30,32). The lowest BCUT2D eigenvalue weighted by Gasteiger charge is -2.29. The van der Waals surface area contributed by atoms with Gasteiger partial charge in [0, 0.05) is 28.9 Å². The molecule has 2 N–H and O–H groups in total. The van der Waals surface area contributed by atoms with Gasteiger partial charge in [-0.05, 0) is 95.1 Å². The SMILES string of the molecule is CN1CCC(c2ccc(-c3cnc(N)c(OCc4cccc(C#CC(C)(C)C)c4)c3)nc2)CC1. The maximum absolute atomic E-state index is 6.11. The zero-order valence-electron chi connectivity index (χ0n) is 20.6. The van der Waals surface area contributed by atoms with E-state index in [4.69, 9.17) is 15.5 Å². The normalized spacial score (nSPS) is 14.9. The number of nitrogens with zero attached hydrogens (tertiary/aromatic N) is 3. The number of likely N-dealkylation sites (tertiary alicyclic amines) is 1. The Morgan fingerprint density at radius 2 is 1.85 bits per heavy atom. The quantitative estimate of drug-likeness (QED) is 0.515. The van der Waals surface area contributed by atoms with Gasteiger partial charge in [0.05, 0.1) is 5.69 Å². The van der Waals surface area contributed by atoms with Crippen molar-refractivity contribution >= 4 is 5.82 Å². The Bertz CT molecular complexity index is 1180. The maximum Gasteiger partial charge on any atom is 0.166 e. The summed E-state index contributed by atoms with van der Waals surface area (Å²) in [5.74, 6) is 8.03. The Kier molecular flexibility index (Phi) is 7.19. The van der Waals surface area contributed by atoms with Crippen LogP contribution in [-0.2, 0) is 6.61 Å². The number of rotatable bonds is 5. The lowest BCUT2D eigenvalue weighted by molar-refractivity contribution is 0.255. The van der Waals surface area contributed by atoms with Crippen molar-refractivity contribution in [1.82, 2.24) is 14.9 Å². The monoisotopic (exact) mass is 454 g/mol. The number of benzene rings is 1. The highest BCUT2D eigenvalue weighted by atomic mass is 16.5. The Balaban J connectivity index is 1.45. The third kappa shape index (κ3) is 6.36. The summed E-state index contributed by atoms with van der Waals surface area (Å²) >= 11 is 0. The molecular formula is C29H34N4O. The number of nitrogens with two attached hydrogens (primary N) is 1. The van der Waals surface area contributed by atoms with Crippen molar-refractivity contribution in [2.24, 2.45) is 5.41 Å². The third-order valence-corrected chi connectivity index (χ3v) is 6.06. The summed E-state index contributed by atoms with van der Waals surface area (Å²) in [4.78, 5) is 11.5. The molecule has 176 valence electrons. The van der Waals surface area contributed by atoms with Crippen LogP contribution in [-0.4, -0.2) is 35.0 Å². The molecule has 1 saturated heterocycles. The second-order valence-corrected chi connectivity index (χ2v) is 10.2. The zero-order chi connectivity index (χ0) is 24.1. The van der Waals surface area contributed by atoms with Crippen molar-refractivity contribution in [1.29, 1.82) is 0 Å². The smallest absolute Gasteiger partial charge is 0.166 e. The Morgan fingerprint density at radius 3 is 2.56 bits per heavy atom. The van der Waals surface area contributed by atoms with E-state index in [-0.39, 0.29) is 5.41 Å². The van der Waals surface area contributed by atoms with Gasteiger partial charge >= 0.3 is 0 Å². The average Bonchev–Trinajstić information content (AvgIpc) is 2.83. The fourth-order valence-electron chi connectivity index (χ4n) is 4.03. The van der Waals surface area contributed by atoms with E-state index in [1.807, 2.05) is 30.5 Å². The molecule has 1 fully saturated rings. The van der Waals surface area contributed by atoms with Crippen LogP contribution in [0, 0.1) is 17.3 Å². The fraction of sp³-hybridized carbons (Fsp3) is 0.379. The molecule has 0 saturated carbocycles. The number of pyridine rings is 2. The van der Waals surface area contributed by atoms with Crippen molar-refractivity contribution < 1.29 is 4.74 Å². The zero-order valence-corrected chi connectivity index (χ0v) is 20.6. The molecule has 0 aliphatic carbocycles.